The first-order chi connectivity index (χ1) is 7.31. The molecule has 0 aliphatic heterocycles. The highest BCUT2D eigenvalue weighted by Gasteiger charge is 2.33. The molecular formula is C11H22N2O3. The lowest BCUT2D eigenvalue weighted by Crippen LogP contribution is -2.38. The Hall–Kier alpha value is -0.810. The molecule has 0 spiro atoms. The standard InChI is InChI=1S/C11H22N2O3/c1-11(2,3)16-10(15)13-8-4-7(6-12)9(14)5-8/h7-9,14H,4-6,12H2,1-3H3,(H,13,15)/t7-,8+,9-/m0/s1. The summed E-state index contributed by atoms with van der Waals surface area (Å²) in [6.07, 6.45) is 0.435. The predicted molar refractivity (Wildman–Crippen MR) is 60.9 cm³/mol. The molecule has 1 aliphatic carbocycles. The molecule has 5 heteroatoms. The smallest absolute Gasteiger partial charge is 0.407 e. The van der Waals surface area contributed by atoms with Crippen LogP contribution in [0.2, 0.25) is 0 Å². The van der Waals surface area contributed by atoms with Crippen LogP contribution in [0.3, 0.4) is 0 Å². The average Bonchev–Trinajstić information content (AvgIpc) is 2.42. The number of amides is 1. The van der Waals surface area contributed by atoms with Crippen molar-refractivity contribution in [3.8, 4) is 0 Å². The first kappa shape index (κ1) is 13.3. The fourth-order valence-corrected chi connectivity index (χ4v) is 1.95. The number of hydrogen-bond acceptors (Lipinski definition) is 4. The van der Waals surface area contributed by atoms with Crippen molar-refractivity contribution in [1.29, 1.82) is 0 Å². The second kappa shape index (κ2) is 5.01. The Labute approximate surface area is 96.3 Å². The van der Waals surface area contributed by atoms with Gasteiger partial charge >= 0.3 is 6.09 Å². The molecule has 0 saturated heterocycles. The minimum Gasteiger partial charge on any atom is -0.444 e. The van der Waals surface area contributed by atoms with Crippen LogP contribution in [0.25, 0.3) is 0 Å². The van der Waals surface area contributed by atoms with Crippen molar-refractivity contribution in [2.24, 2.45) is 11.7 Å². The fraction of sp³-hybridized carbons (Fsp3) is 0.909. The van der Waals surface area contributed by atoms with Crippen molar-refractivity contribution >= 4 is 6.09 Å². The Balaban J connectivity index is 2.36. The molecule has 3 atom stereocenters. The van der Waals surface area contributed by atoms with Crippen molar-refractivity contribution < 1.29 is 14.6 Å². The van der Waals surface area contributed by atoms with Gasteiger partial charge in [0.05, 0.1) is 6.10 Å². The van der Waals surface area contributed by atoms with Crippen molar-refractivity contribution in [3.05, 3.63) is 0 Å². The van der Waals surface area contributed by atoms with Gasteiger partial charge in [-0.05, 0) is 46.1 Å². The highest BCUT2D eigenvalue weighted by molar-refractivity contribution is 5.68. The van der Waals surface area contributed by atoms with Crippen LogP contribution in [-0.4, -0.2) is 35.5 Å². The van der Waals surface area contributed by atoms with Gasteiger partial charge in [0.1, 0.15) is 5.60 Å². The number of rotatable bonds is 2. The SMILES string of the molecule is CC(C)(C)OC(=O)N[C@@H]1C[C@@H](CN)[C@@H](O)C1. The van der Waals surface area contributed by atoms with Crippen LogP contribution in [0.5, 0.6) is 0 Å². The van der Waals surface area contributed by atoms with E-state index in [4.69, 9.17) is 10.5 Å². The molecule has 1 rings (SSSR count). The van der Waals surface area contributed by atoms with Gasteiger partial charge in [0, 0.05) is 6.04 Å². The molecule has 0 radical (unpaired) electrons. The summed E-state index contributed by atoms with van der Waals surface area (Å²) in [5.41, 5.74) is 5.02. The van der Waals surface area contributed by atoms with Gasteiger partial charge in [0.25, 0.3) is 0 Å². The minimum absolute atomic E-state index is 0.0293. The van der Waals surface area contributed by atoms with Crippen molar-refractivity contribution in [3.63, 3.8) is 0 Å². The number of aliphatic hydroxyl groups excluding tert-OH is 1. The predicted octanol–water partition coefficient (Wildman–Crippen LogP) is 0.609. The van der Waals surface area contributed by atoms with Crippen LogP contribution in [-0.2, 0) is 4.74 Å². The topological polar surface area (TPSA) is 84.6 Å². The molecule has 1 saturated carbocycles. The van der Waals surface area contributed by atoms with E-state index >= 15 is 0 Å². The lowest BCUT2D eigenvalue weighted by atomic mass is 10.1. The van der Waals surface area contributed by atoms with E-state index in [1.165, 1.54) is 0 Å². The first-order valence-corrected chi connectivity index (χ1v) is 5.69. The number of nitrogens with two attached hydrogens (primary N) is 1. The van der Waals surface area contributed by atoms with E-state index in [2.05, 4.69) is 5.32 Å². The Morgan fingerprint density at radius 2 is 2.12 bits per heavy atom. The normalized spacial score (nSPS) is 30.2. The maximum Gasteiger partial charge on any atom is 0.407 e. The van der Waals surface area contributed by atoms with E-state index in [0.29, 0.717) is 13.0 Å². The third-order valence-corrected chi connectivity index (χ3v) is 2.68. The number of aliphatic hydroxyl groups is 1. The van der Waals surface area contributed by atoms with Crippen LogP contribution in [0.1, 0.15) is 33.6 Å². The number of carbonyl (C=O) groups is 1. The van der Waals surface area contributed by atoms with Gasteiger partial charge in [-0.1, -0.05) is 0 Å². The van der Waals surface area contributed by atoms with E-state index in [9.17, 15) is 9.90 Å². The van der Waals surface area contributed by atoms with Gasteiger partial charge < -0.3 is 20.9 Å². The van der Waals surface area contributed by atoms with E-state index < -0.39 is 17.8 Å². The van der Waals surface area contributed by atoms with Crippen LogP contribution < -0.4 is 11.1 Å². The zero-order valence-electron chi connectivity index (χ0n) is 10.2. The van der Waals surface area contributed by atoms with Crippen molar-refractivity contribution in [2.75, 3.05) is 6.54 Å². The minimum atomic E-state index is -0.491. The summed E-state index contributed by atoms with van der Waals surface area (Å²) in [6.45, 7) is 5.91. The molecule has 0 bridgehead atoms. The second-order valence-corrected chi connectivity index (χ2v) is 5.38. The van der Waals surface area contributed by atoms with Crippen LogP contribution >= 0.6 is 0 Å². The average molecular weight is 230 g/mol. The second-order valence-electron chi connectivity index (χ2n) is 5.38. The van der Waals surface area contributed by atoms with Gasteiger partial charge in [-0.3, -0.25) is 0 Å². The van der Waals surface area contributed by atoms with Crippen LogP contribution in [0.15, 0.2) is 0 Å². The summed E-state index contributed by atoms with van der Waals surface area (Å²) in [6, 6.07) is -0.0293. The zero-order valence-corrected chi connectivity index (χ0v) is 10.2. The molecule has 0 aromatic rings. The molecular weight excluding hydrogens is 208 g/mol. The molecule has 4 N–H and O–H groups in total. The molecule has 5 nitrogen and oxygen atoms in total. The summed E-state index contributed by atoms with van der Waals surface area (Å²) in [5, 5.41) is 12.4. The Kier molecular flexibility index (Phi) is 4.15. The summed E-state index contributed by atoms with van der Waals surface area (Å²) < 4.78 is 5.14. The Morgan fingerprint density at radius 1 is 1.50 bits per heavy atom. The monoisotopic (exact) mass is 230 g/mol. The van der Waals surface area contributed by atoms with Gasteiger partial charge in [-0.25, -0.2) is 4.79 Å². The van der Waals surface area contributed by atoms with E-state index in [0.717, 1.165) is 6.42 Å². The van der Waals surface area contributed by atoms with Crippen molar-refractivity contribution in [1.82, 2.24) is 5.32 Å². The molecule has 0 heterocycles. The number of hydrogen-bond donors (Lipinski definition) is 3. The lowest BCUT2D eigenvalue weighted by Gasteiger charge is -2.21. The molecule has 1 fully saturated rings. The quantitative estimate of drug-likeness (QED) is 0.649. The molecule has 1 amide bonds. The largest absolute Gasteiger partial charge is 0.444 e. The maximum absolute atomic E-state index is 11.5. The number of alkyl carbamates (subject to hydrolysis) is 1. The number of ether oxygens (including phenoxy) is 1. The lowest BCUT2D eigenvalue weighted by molar-refractivity contribution is 0.0502. The molecule has 94 valence electrons. The van der Waals surface area contributed by atoms with Gasteiger partial charge in [-0.2, -0.15) is 0 Å². The zero-order chi connectivity index (χ0) is 12.3. The summed E-state index contributed by atoms with van der Waals surface area (Å²) >= 11 is 0. The Bertz CT molecular complexity index is 250. The highest BCUT2D eigenvalue weighted by atomic mass is 16.6. The van der Waals surface area contributed by atoms with Crippen molar-refractivity contribution in [2.45, 2.75) is 51.4 Å². The van der Waals surface area contributed by atoms with Gasteiger partial charge in [-0.15, -0.1) is 0 Å². The summed E-state index contributed by atoms with van der Waals surface area (Å²) in [4.78, 5) is 11.5. The molecule has 0 unspecified atom stereocenters. The number of nitrogens with one attached hydrogen (secondary N) is 1. The third-order valence-electron chi connectivity index (χ3n) is 2.68. The third kappa shape index (κ3) is 3.98. The van der Waals surface area contributed by atoms with E-state index in [1.807, 2.05) is 20.8 Å². The van der Waals surface area contributed by atoms with Crippen LogP contribution in [0.4, 0.5) is 4.79 Å². The summed E-state index contributed by atoms with van der Waals surface area (Å²) in [5.74, 6) is 0.0833. The maximum atomic E-state index is 11.5. The number of carbonyl (C=O) groups excluding carboxylic acids is 1. The molecule has 16 heavy (non-hydrogen) atoms. The Morgan fingerprint density at radius 3 is 2.56 bits per heavy atom. The first-order valence-electron chi connectivity index (χ1n) is 5.69. The van der Waals surface area contributed by atoms with Gasteiger partial charge in [0.2, 0.25) is 0 Å². The van der Waals surface area contributed by atoms with E-state index in [1.54, 1.807) is 0 Å². The molecule has 1 aliphatic rings. The van der Waals surface area contributed by atoms with E-state index in [-0.39, 0.29) is 12.0 Å². The molecule has 0 aromatic carbocycles. The highest BCUT2D eigenvalue weighted by Crippen LogP contribution is 2.25. The van der Waals surface area contributed by atoms with Crippen LogP contribution in [0, 0.1) is 5.92 Å². The molecule has 0 aromatic heterocycles. The summed E-state index contributed by atoms with van der Waals surface area (Å²) in [7, 11) is 0. The fourth-order valence-electron chi connectivity index (χ4n) is 1.95. The van der Waals surface area contributed by atoms with Gasteiger partial charge in [0.15, 0.2) is 0 Å².